The lowest BCUT2D eigenvalue weighted by molar-refractivity contribution is -0.119. The van der Waals surface area contributed by atoms with Crippen LogP contribution in [0.25, 0.3) is 0 Å². The molecule has 0 atom stereocenters. The smallest absolute Gasteiger partial charge is 0.132 e. The molecule has 48 heavy (non-hydrogen) atoms. The summed E-state index contributed by atoms with van der Waals surface area (Å²) in [6.07, 6.45) is 50.2. The molecule has 1 N–H and O–H groups in total. The lowest BCUT2D eigenvalue weighted by atomic mass is 9.89. The van der Waals surface area contributed by atoms with Crippen LogP contribution in [0.15, 0.2) is 0 Å². The first-order valence-corrected chi connectivity index (χ1v) is 22.6. The monoisotopic (exact) mass is 678 g/mol. The summed E-state index contributed by atoms with van der Waals surface area (Å²) in [5.41, 5.74) is 0. The number of unbranched alkanes of at least 4 members (excludes halogenated alkanes) is 28. The van der Waals surface area contributed by atoms with Gasteiger partial charge in [0.2, 0.25) is 0 Å². The minimum atomic E-state index is 0.451. The lowest BCUT2D eigenvalue weighted by Gasteiger charge is -2.17. The summed E-state index contributed by atoms with van der Waals surface area (Å²) in [6.45, 7) is 8.46. The molecule has 0 aromatic heterocycles. The fourth-order valence-corrected chi connectivity index (χ4v) is 7.49. The van der Waals surface area contributed by atoms with Gasteiger partial charge in [0.05, 0.1) is 0 Å². The van der Waals surface area contributed by atoms with Gasteiger partial charge in [0.15, 0.2) is 0 Å². The van der Waals surface area contributed by atoms with E-state index >= 15 is 0 Å². The second-order valence-electron chi connectivity index (χ2n) is 15.8. The SMILES string of the molecule is CCCCCCCCCCCCC(=O)CCCCCN(O)CCCCCCCCCCC(CCCCCCCC)CCCCCCCC. The van der Waals surface area contributed by atoms with E-state index in [0.29, 0.717) is 5.78 Å². The molecular weight excluding hydrogens is 587 g/mol. The predicted molar refractivity (Wildman–Crippen MR) is 214 cm³/mol. The van der Waals surface area contributed by atoms with E-state index in [2.05, 4.69) is 20.8 Å². The van der Waals surface area contributed by atoms with E-state index in [9.17, 15) is 10.0 Å². The van der Waals surface area contributed by atoms with Crippen LogP contribution >= 0.6 is 0 Å². The van der Waals surface area contributed by atoms with Crippen molar-refractivity contribution in [3.8, 4) is 0 Å². The summed E-state index contributed by atoms with van der Waals surface area (Å²) in [4.78, 5) is 12.2. The van der Waals surface area contributed by atoms with Crippen molar-refractivity contribution >= 4 is 5.78 Å². The van der Waals surface area contributed by atoms with E-state index in [1.54, 1.807) is 0 Å². The number of carbonyl (C=O) groups excluding carboxylic acids is 1. The summed E-state index contributed by atoms with van der Waals surface area (Å²) < 4.78 is 0. The Morgan fingerprint density at radius 3 is 0.958 bits per heavy atom. The van der Waals surface area contributed by atoms with Gasteiger partial charge in [-0.1, -0.05) is 226 Å². The lowest BCUT2D eigenvalue weighted by Crippen LogP contribution is -2.21. The molecule has 0 fully saturated rings. The molecule has 0 saturated carbocycles. The van der Waals surface area contributed by atoms with Gasteiger partial charge in [0.1, 0.15) is 5.78 Å². The maximum Gasteiger partial charge on any atom is 0.132 e. The van der Waals surface area contributed by atoms with Gasteiger partial charge in [-0.25, -0.2) is 0 Å². The van der Waals surface area contributed by atoms with Gasteiger partial charge in [-0.15, -0.1) is 0 Å². The standard InChI is InChI=1S/C45H91NO2/c1-4-7-10-13-16-17-18-22-27-33-40-45(47)41-34-29-36-43-46(48)42-35-28-23-20-19-21-26-32-39-44(37-30-24-14-11-8-5-2)38-31-25-15-12-9-6-3/h44,48H,4-43H2,1-3H3. The Bertz CT molecular complexity index is 592. The Morgan fingerprint density at radius 1 is 0.375 bits per heavy atom. The number of ketones is 1. The van der Waals surface area contributed by atoms with Crippen molar-refractivity contribution in [1.29, 1.82) is 0 Å². The van der Waals surface area contributed by atoms with E-state index in [1.165, 1.54) is 204 Å². The van der Waals surface area contributed by atoms with Crippen molar-refractivity contribution in [3.63, 3.8) is 0 Å². The number of carbonyl (C=O) groups is 1. The molecule has 0 saturated heterocycles. The Labute approximate surface area is 303 Å². The normalized spacial score (nSPS) is 11.8. The van der Waals surface area contributed by atoms with Crippen molar-refractivity contribution in [3.05, 3.63) is 0 Å². The van der Waals surface area contributed by atoms with Gasteiger partial charge in [-0.2, -0.15) is 5.06 Å². The fraction of sp³-hybridized carbons (Fsp3) is 0.978. The van der Waals surface area contributed by atoms with Gasteiger partial charge < -0.3 is 5.21 Å². The summed E-state index contributed by atoms with van der Waals surface area (Å²) in [7, 11) is 0. The molecule has 0 heterocycles. The quantitative estimate of drug-likeness (QED) is 0.0516. The molecule has 288 valence electrons. The first-order chi connectivity index (χ1) is 23.6. The summed E-state index contributed by atoms with van der Waals surface area (Å²) in [6, 6.07) is 0. The van der Waals surface area contributed by atoms with Gasteiger partial charge in [-0.05, 0) is 31.6 Å². The molecule has 0 spiro atoms. The molecule has 3 nitrogen and oxygen atoms in total. The highest BCUT2D eigenvalue weighted by Crippen LogP contribution is 2.25. The number of rotatable bonds is 42. The summed E-state index contributed by atoms with van der Waals surface area (Å²) in [5, 5.41) is 11.8. The third-order valence-electron chi connectivity index (χ3n) is 10.9. The fourth-order valence-electron chi connectivity index (χ4n) is 7.49. The average molecular weight is 678 g/mol. The summed E-state index contributed by atoms with van der Waals surface area (Å²) >= 11 is 0. The zero-order valence-electron chi connectivity index (χ0n) is 33.7. The van der Waals surface area contributed by atoms with Crippen molar-refractivity contribution < 1.29 is 10.0 Å². The number of hydroxylamine groups is 2. The highest BCUT2D eigenvalue weighted by atomic mass is 16.5. The molecule has 0 aliphatic carbocycles. The van der Waals surface area contributed by atoms with Crippen LogP contribution in [-0.2, 0) is 4.79 Å². The molecule has 0 radical (unpaired) electrons. The molecule has 0 aliphatic heterocycles. The Hall–Kier alpha value is -0.410. The molecule has 0 unspecified atom stereocenters. The number of hydrogen-bond donors (Lipinski definition) is 1. The van der Waals surface area contributed by atoms with E-state index in [0.717, 1.165) is 64.0 Å². The van der Waals surface area contributed by atoms with Crippen molar-refractivity contribution in [2.75, 3.05) is 13.1 Å². The van der Waals surface area contributed by atoms with E-state index in [4.69, 9.17) is 0 Å². The largest absolute Gasteiger partial charge is 0.314 e. The first kappa shape index (κ1) is 47.6. The summed E-state index contributed by atoms with van der Waals surface area (Å²) in [5.74, 6) is 1.44. The number of nitrogens with zero attached hydrogens (tertiary/aromatic N) is 1. The Morgan fingerprint density at radius 2 is 0.625 bits per heavy atom. The van der Waals surface area contributed by atoms with Crippen molar-refractivity contribution in [2.24, 2.45) is 5.92 Å². The zero-order chi connectivity index (χ0) is 35.0. The van der Waals surface area contributed by atoms with E-state index in [-0.39, 0.29) is 0 Å². The van der Waals surface area contributed by atoms with Gasteiger partial charge >= 0.3 is 0 Å². The molecule has 0 aromatic rings. The van der Waals surface area contributed by atoms with Crippen LogP contribution in [0, 0.1) is 5.92 Å². The number of hydrogen-bond acceptors (Lipinski definition) is 3. The van der Waals surface area contributed by atoms with Crippen LogP contribution in [0.3, 0.4) is 0 Å². The Kier molecular flexibility index (Phi) is 40.7. The maximum absolute atomic E-state index is 12.2. The van der Waals surface area contributed by atoms with Crippen LogP contribution < -0.4 is 0 Å². The van der Waals surface area contributed by atoms with Crippen LogP contribution in [0.2, 0.25) is 0 Å². The van der Waals surface area contributed by atoms with E-state index < -0.39 is 0 Å². The number of Topliss-reactive ketones (excluding diaryl/α,β-unsaturated/α-hetero) is 1. The van der Waals surface area contributed by atoms with Crippen LogP contribution in [0.5, 0.6) is 0 Å². The second-order valence-corrected chi connectivity index (χ2v) is 15.8. The molecule has 3 heteroatoms. The Balaban J connectivity index is 3.62. The second kappa shape index (κ2) is 41.0. The highest BCUT2D eigenvalue weighted by molar-refractivity contribution is 5.78. The van der Waals surface area contributed by atoms with E-state index in [1.807, 2.05) is 0 Å². The average Bonchev–Trinajstić information content (AvgIpc) is 3.08. The van der Waals surface area contributed by atoms with Gasteiger partial charge in [0, 0.05) is 25.9 Å². The molecule has 0 rings (SSSR count). The molecule has 0 aromatic carbocycles. The topological polar surface area (TPSA) is 40.5 Å². The van der Waals surface area contributed by atoms with Crippen molar-refractivity contribution in [2.45, 2.75) is 265 Å². The predicted octanol–water partition coefficient (Wildman–Crippen LogP) is 15.7. The molecular formula is C45H91NO2. The van der Waals surface area contributed by atoms with Gasteiger partial charge in [-0.3, -0.25) is 4.79 Å². The van der Waals surface area contributed by atoms with Gasteiger partial charge in [0.25, 0.3) is 0 Å². The first-order valence-electron chi connectivity index (χ1n) is 22.6. The molecule has 0 amide bonds. The molecule has 0 aliphatic rings. The van der Waals surface area contributed by atoms with Crippen molar-refractivity contribution in [1.82, 2.24) is 5.06 Å². The van der Waals surface area contributed by atoms with Crippen LogP contribution in [-0.4, -0.2) is 29.1 Å². The highest BCUT2D eigenvalue weighted by Gasteiger charge is 2.09. The van der Waals surface area contributed by atoms with Crippen LogP contribution in [0.4, 0.5) is 0 Å². The third kappa shape index (κ3) is 38.4. The minimum Gasteiger partial charge on any atom is -0.314 e. The third-order valence-corrected chi connectivity index (χ3v) is 10.9. The van der Waals surface area contributed by atoms with Crippen LogP contribution in [0.1, 0.15) is 265 Å². The zero-order valence-corrected chi connectivity index (χ0v) is 33.7. The minimum absolute atomic E-state index is 0.451. The maximum atomic E-state index is 12.2. The molecule has 0 bridgehead atoms.